The third kappa shape index (κ3) is 1.57. The van der Waals surface area contributed by atoms with Gasteiger partial charge < -0.3 is 5.11 Å². The van der Waals surface area contributed by atoms with Crippen LogP contribution in [0.15, 0.2) is 12.1 Å². The van der Waals surface area contributed by atoms with E-state index in [4.69, 9.17) is 11.8 Å². The molecule has 0 heterocycles. The Hall–Kier alpha value is -0.890. The molecule has 1 rings (SSSR count). The van der Waals surface area contributed by atoms with Gasteiger partial charge in [-0.1, -0.05) is 6.07 Å². The molecule has 0 atom stereocenters. The van der Waals surface area contributed by atoms with Gasteiger partial charge in [0.05, 0.1) is 5.69 Å². The van der Waals surface area contributed by atoms with Crippen LogP contribution in [0.2, 0.25) is 0 Å². The van der Waals surface area contributed by atoms with Gasteiger partial charge in [-0.05, 0) is 31.0 Å². The minimum absolute atomic E-state index is 0.192. The number of aryl methyl sites for hydroxylation is 2. The second-order valence-electron chi connectivity index (χ2n) is 2.57. The molecule has 1 aromatic carbocycles. The smallest absolute Gasteiger partial charge is 0.140 e. The number of halogens is 1. The van der Waals surface area contributed by atoms with E-state index >= 15 is 0 Å². The zero-order valence-electron chi connectivity index (χ0n) is 6.48. The van der Waals surface area contributed by atoms with Crippen LogP contribution in [-0.4, -0.2) is 5.11 Å². The third-order valence-electron chi connectivity index (χ3n) is 1.55. The predicted octanol–water partition coefficient (Wildman–Crippen LogP) is 2.57. The normalized spacial score (nSPS) is 9.73. The Bertz CT molecular complexity index is 250. The van der Waals surface area contributed by atoms with E-state index in [0.29, 0.717) is 5.69 Å². The summed E-state index contributed by atoms with van der Waals surface area (Å²) in [7, 11) is 0. The number of aromatic hydroxyl groups is 1. The first-order valence-electron chi connectivity index (χ1n) is 3.32. The molecule has 0 unspecified atom stereocenters. The monoisotopic (exact) mass is 171 g/mol. The third-order valence-corrected chi connectivity index (χ3v) is 1.74. The molecule has 11 heavy (non-hydrogen) atoms. The number of nitrogens with one attached hydrogen (secondary N) is 1. The van der Waals surface area contributed by atoms with Gasteiger partial charge in [-0.25, -0.2) is 0 Å². The van der Waals surface area contributed by atoms with Crippen LogP contribution in [0.25, 0.3) is 0 Å². The lowest BCUT2D eigenvalue weighted by Gasteiger charge is -2.06. The maximum atomic E-state index is 9.33. The minimum atomic E-state index is 0.192. The fourth-order valence-corrected chi connectivity index (χ4v) is 1.31. The predicted molar refractivity (Wildman–Crippen MR) is 47.1 cm³/mol. The van der Waals surface area contributed by atoms with E-state index in [2.05, 4.69) is 4.84 Å². The van der Waals surface area contributed by atoms with E-state index in [-0.39, 0.29) is 5.75 Å². The van der Waals surface area contributed by atoms with Gasteiger partial charge in [-0.15, -0.1) is 0 Å². The zero-order chi connectivity index (χ0) is 8.43. The van der Waals surface area contributed by atoms with Crippen LogP contribution in [0.4, 0.5) is 5.69 Å². The van der Waals surface area contributed by atoms with Crippen LogP contribution in [-0.2, 0) is 0 Å². The average molecular weight is 172 g/mol. The topological polar surface area (TPSA) is 32.3 Å². The Balaban J connectivity index is 3.25. The first kappa shape index (κ1) is 8.21. The first-order valence-corrected chi connectivity index (χ1v) is 3.70. The van der Waals surface area contributed by atoms with Gasteiger partial charge >= 0.3 is 0 Å². The summed E-state index contributed by atoms with van der Waals surface area (Å²) >= 11 is 5.38. The molecule has 0 bridgehead atoms. The number of phenolic OH excluding ortho intramolecular Hbond substituents is 1. The maximum absolute atomic E-state index is 9.33. The van der Waals surface area contributed by atoms with Crippen molar-refractivity contribution in [2.24, 2.45) is 0 Å². The van der Waals surface area contributed by atoms with Crippen LogP contribution in [0.5, 0.6) is 5.75 Å². The molecule has 0 radical (unpaired) electrons. The van der Waals surface area contributed by atoms with Gasteiger partial charge in [0.1, 0.15) is 5.75 Å². The van der Waals surface area contributed by atoms with E-state index in [1.807, 2.05) is 19.9 Å². The van der Waals surface area contributed by atoms with Crippen molar-refractivity contribution in [3.05, 3.63) is 23.3 Å². The molecule has 1 aromatic rings. The number of benzene rings is 1. The Labute approximate surface area is 70.9 Å². The van der Waals surface area contributed by atoms with E-state index in [1.165, 1.54) is 0 Å². The summed E-state index contributed by atoms with van der Waals surface area (Å²) in [6.45, 7) is 3.81. The van der Waals surface area contributed by atoms with Gasteiger partial charge in [0.15, 0.2) is 0 Å². The van der Waals surface area contributed by atoms with Crippen molar-refractivity contribution in [2.45, 2.75) is 13.8 Å². The average Bonchev–Trinajstić information content (AvgIpc) is 1.85. The minimum Gasteiger partial charge on any atom is -0.506 e. The van der Waals surface area contributed by atoms with E-state index < -0.39 is 0 Å². The molecule has 0 fully saturated rings. The number of rotatable bonds is 1. The second-order valence-corrected chi connectivity index (χ2v) is 2.76. The van der Waals surface area contributed by atoms with Gasteiger partial charge in [-0.3, -0.25) is 4.84 Å². The molecule has 2 N–H and O–H groups in total. The van der Waals surface area contributed by atoms with Crippen LogP contribution >= 0.6 is 11.8 Å². The lowest BCUT2D eigenvalue weighted by atomic mass is 10.1. The fraction of sp³-hybridized carbons (Fsp3) is 0.250. The summed E-state index contributed by atoms with van der Waals surface area (Å²) in [5.41, 5.74) is 2.55. The zero-order valence-corrected chi connectivity index (χ0v) is 7.24. The second kappa shape index (κ2) is 3.01. The highest BCUT2D eigenvalue weighted by Crippen LogP contribution is 2.28. The number of anilines is 1. The van der Waals surface area contributed by atoms with E-state index in [0.717, 1.165) is 11.1 Å². The van der Waals surface area contributed by atoms with Gasteiger partial charge in [-0.2, -0.15) is 0 Å². The number of phenols is 1. The van der Waals surface area contributed by atoms with Crippen LogP contribution in [0.1, 0.15) is 11.1 Å². The van der Waals surface area contributed by atoms with Crippen molar-refractivity contribution in [3.63, 3.8) is 0 Å². The van der Waals surface area contributed by atoms with Crippen molar-refractivity contribution in [2.75, 3.05) is 4.84 Å². The molecule has 0 aliphatic rings. The quantitative estimate of drug-likeness (QED) is 0.503. The molecule has 3 heteroatoms. The highest BCUT2D eigenvalue weighted by Gasteiger charge is 2.03. The van der Waals surface area contributed by atoms with Crippen molar-refractivity contribution in [1.82, 2.24) is 0 Å². The van der Waals surface area contributed by atoms with E-state index in [9.17, 15) is 5.11 Å². The van der Waals surface area contributed by atoms with Crippen LogP contribution in [0, 0.1) is 13.8 Å². The van der Waals surface area contributed by atoms with Gasteiger partial charge in [0.2, 0.25) is 0 Å². The lowest BCUT2D eigenvalue weighted by Crippen LogP contribution is -1.87. The van der Waals surface area contributed by atoms with Crippen LogP contribution < -0.4 is 4.84 Å². The van der Waals surface area contributed by atoms with Crippen molar-refractivity contribution < 1.29 is 5.11 Å². The van der Waals surface area contributed by atoms with Crippen LogP contribution in [0.3, 0.4) is 0 Å². The maximum Gasteiger partial charge on any atom is 0.140 e. The van der Waals surface area contributed by atoms with Crippen molar-refractivity contribution in [1.29, 1.82) is 0 Å². The molecular formula is C8H10ClNO. The molecular weight excluding hydrogens is 162 g/mol. The Morgan fingerprint density at radius 2 is 2.00 bits per heavy atom. The summed E-state index contributed by atoms with van der Waals surface area (Å²) < 4.78 is 0. The summed E-state index contributed by atoms with van der Waals surface area (Å²) in [4.78, 5) is 2.41. The molecule has 0 spiro atoms. The van der Waals surface area contributed by atoms with Gasteiger partial charge in [0, 0.05) is 11.8 Å². The molecule has 0 aliphatic carbocycles. The number of hydrogen-bond acceptors (Lipinski definition) is 2. The molecule has 0 amide bonds. The molecule has 0 aliphatic heterocycles. The fourth-order valence-electron chi connectivity index (χ4n) is 1.07. The largest absolute Gasteiger partial charge is 0.506 e. The standard InChI is InChI=1S/C8H10ClNO/c1-5-3-6(2)8(10-9)7(11)4-5/h3-4,10-11H,1-2H3. The summed E-state index contributed by atoms with van der Waals surface area (Å²) in [6.07, 6.45) is 0. The summed E-state index contributed by atoms with van der Waals surface area (Å²) in [5.74, 6) is 0.192. The SMILES string of the molecule is Cc1cc(C)c(NCl)c(O)c1. The lowest BCUT2D eigenvalue weighted by molar-refractivity contribution is 0.477. The Morgan fingerprint density at radius 1 is 1.36 bits per heavy atom. The van der Waals surface area contributed by atoms with Crippen molar-refractivity contribution >= 4 is 17.5 Å². The summed E-state index contributed by atoms with van der Waals surface area (Å²) in [6, 6.07) is 3.61. The number of hydrogen-bond donors (Lipinski definition) is 2. The highest BCUT2D eigenvalue weighted by atomic mass is 35.5. The molecule has 60 valence electrons. The molecule has 2 nitrogen and oxygen atoms in total. The molecule has 0 aromatic heterocycles. The first-order chi connectivity index (χ1) is 5.15. The Morgan fingerprint density at radius 3 is 2.45 bits per heavy atom. The molecule has 0 saturated heterocycles. The molecule has 0 saturated carbocycles. The van der Waals surface area contributed by atoms with E-state index in [1.54, 1.807) is 6.07 Å². The van der Waals surface area contributed by atoms with Crippen molar-refractivity contribution in [3.8, 4) is 5.75 Å². The van der Waals surface area contributed by atoms with Gasteiger partial charge in [0.25, 0.3) is 0 Å². The highest BCUT2D eigenvalue weighted by molar-refractivity contribution is 6.24. The summed E-state index contributed by atoms with van der Waals surface area (Å²) in [5, 5.41) is 9.33. The Kier molecular flexibility index (Phi) is 2.25.